The first-order chi connectivity index (χ1) is 14.1. The number of anilines is 1. The number of hydrogen-bond donors (Lipinski definition) is 2. The first-order valence-corrected chi connectivity index (χ1v) is 8.81. The van der Waals surface area contributed by atoms with Gasteiger partial charge in [0.05, 0.1) is 14.2 Å². The molecule has 1 atom stereocenters. The Morgan fingerprint density at radius 3 is 1.97 bits per heavy atom. The molecule has 0 aliphatic rings. The van der Waals surface area contributed by atoms with Crippen molar-refractivity contribution in [2.45, 2.75) is 25.2 Å². The normalized spacial score (nSPS) is 13.0. The number of nitrogens with one attached hydrogen (secondary N) is 2. The number of aryl methyl sites for hydroxylation is 1. The number of rotatable bonds is 7. The molecule has 0 fully saturated rings. The minimum atomic E-state index is -5.33. The van der Waals surface area contributed by atoms with E-state index in [9.17, 15) is 22.8 Å². The maximum absolute atomic E-state index is 14.0. The number of hydrogen-bond acceptors (Lipinski definition) is 5. The lowest BCUT2D eigenvalue weighted by atomic mass is 10.1. The van der Waals surface area contributed by atoms with Crippen LogP contribution in [0.15, 0.2) is 48.5 Å². The highest BCUT2D eigenvalue weighted by Gasteiger charge is 2.66. The minimum absolute atomic E-state index is 0.168. The summed E-state index contributed by atoms with van der Waals surface area (Å²) in [4.78, 5) is 24.5. The molecular formula is C20H21F3N2O5. The van der Waals surface area contributed by atoms with Crippen LogP contribution in [0.1, 0.15) is 12.5 Å². The molecule has 0 aliphatic carbocycles. The summed E-state index contributed by atoms with van der Waals surface area (Å²) in [6.45, 7) is 1.87. The molecule has 30 heavy (non-hydrogen) atoms. The molecule has 0 saturated heterocycles. The Balaban J connectivity index is 2.33. The molecule has 0 aliphatic heterocycles. The lowest BCUT2D eigenvalue weighted by Gasteiger charge is -2.33. The first kappa shape index (κ1) is 22.9. The predicted molar refractivity (Wildman–Crippen MR) is 102 cm³/mol. The monoisotopic (exact) mass is 426 g/mol. The molecule has 0 heterocycles. The number of carbonyl (C=O) groups excluding carboxylic acids is 2. The second kappa shape index (κ2) is 9.38. The SMILES string of the molecule is CCc1ccc(O[C@@](NC(=O)Nc2ccc(OC)cc2)(C(=O)OC)C(F)(F)F)cc1. The van der Waals surface area contributed by atoms with Crippen LogP contribution in [0.4, 0.5) is 23.7 Å². The predicted octanol–water partition coefficient (Wildman–Crippen LogP) is 3.89. The number of urea groups is 1. The van der Waals surface area contributed by atoms with Crippen LogP contribution in [0.25, 0.3) is 0 Å². The summed E-state index contributed by atoms with van der Waals surface area (Å²) < 4.78 is 56.1. The summed E-state index contributed by atoms with van der Waals surface area (Å²) in [7, 11) is 2.20. The number of carbonyl (C=O) groups is 2. The summed E-state index contributed by atoms with van der Waals surface area (Å²) >= 11 is 0. The Bertz CT molecular complexity index is 870. The van der Waals surface area contributed by atoms with Crippen LogP contribution in [0.3, 0.4) is 0 Å². The third-order valence-electron chi connectivity index (χ3n) is 4.11. The van der Waals surface area contributed by atoms with Gasteiger partial charge >= 0.3 is 23.9 Å². The fraction of sp³-hybridized carbons (Fsp3) is 0.300. The molecular weight excluding hydrogens is 405 g/mol. The first-order valence-electron chi connectivity index (χ1n) is 8.81. The molecule has 10 heteroatoms. The van der Waals surface area contributed by atoms with Crippen molar-refractivity contribution < 1.29 is 37.0 Å². The molecule has 0 aromatic heterocycles. The number of ether oxygens (including phenoxy) is 3. The topological polar surface area (TPSA) is 85.9 Å². The summed E-state index contributed by atoms with van der Waals surface area (Å²) in [5.41, 5.74) is -2.74. The van der Waals surface area contributed by atoms with Crippen LogP contribution in [0.2, 0.25) is 0 Å². The number of methoxy groups -OCH3 is 2. The maximum Gasteiger partial charge on any atom is 0.460 e. The van der Waals surface area contributed by atoms with Gasteiger partial charge in [-0.25, -0.2) is 9.59 Å². The van der Waals surface area contributed by atoms with Gasteiger partial charge in [0.25, 0.3) is 0 Å². The molecule has 162 valence electrons. The van der Waals surface area contributed by atoms with Gasteiger partial charge in [0, 0.05) is 5.69 Å². The zero-order valence-corrected chi connectivity index (χ0v) is 16.5. The fourth-order valence-electron chi connectivity index (χ4n) is 2.47. The highest BCUT2D eigenvalue weighted by atomic mass is 19.4. The van der Waals surface area contributed by atoms with E-state index in [2.05, 4.69) is 10.1 Å². The van der Waals surface area contributed by atoms with E-state index in [1.807, 2.05) is 6.92 Å². The van der Waals surface area contributed by atoms with Crippen LogP contribution in [-0.4, -0.2) is 38.1 Å². The van der Waals surface area contributed by atoms with Gasteiger partial charge in [-0.3, -0.25) is 5.32 Å². The molecule has 0 unspecified atom stereocenters. The number of benzene rings is 2. The van der Waals surface area contributed by atoms with Crippen LogP contribution < -0.4 is 20.1 Å². The van der Waals surface area contributed by atoms with Crippen LogP contribution in [0, 0.1) is 0 Å². The number of amides is 2. The number of alkyl halides is 3. The lowest BCUT2D eigenvalue weighted by molar-refractivity contribution is -0.258. The van der Waals surface area contributed by atoms with Gasteiger partial charge in [0.1, 0.15) is 11.5 Å². The summed E-state index contributed by atoms with van der Waals surface area (Å²) in [6, 6.07) is 10.1. The molecule has 2 aromatic carbocycles. The standard InChI is InChI=1S/C20H21F3N2O5/c1-4-13-5-9-16(10-6-13)30-19(17(26)29-3,20(21,22)23)25-18(27)24-14-7-11-15(28-2)12-8-14/h5-12H,4H2,1-3H3,(H2,24,25,27)/t19-/m0/s1. The summed E-state index contributed by atoms with van der Waals surface area (Å²) in [5, 5.41) is 3.78. The van der Waals surface area contributed by atoms with E-state index in [1.54, 1.807) is 17.4 Å². The van der Waals surface area contributed by atoms with Gasteiger partial charge in [-0.2, -0.15) is 13.2 Å². The van der Waals surface area contributed by atoms with Crippen molar-refractivity contribution in [1.29, 1.82) is 0 Å². The quantitative estimate of drug-likeness (QED) is 0.518. The molecule has 2 rings (SSSR count). The van der Waals surface area contributed by atoms with Gasteiger partial charge in [0.2, 0.25) is 0 Å². The zero-order chi connectivity index (χ0) is 22.4. The third kappa shape index (κ3) is 5.13. The van der Waals surface area contributed by atoms with Crippen molar-refractivity contribution in [3.05, 3.63) is 54.1 Å². The molecule has 0 spiro atoms. The maximum atomic E-state index is 14.0. The second-order valence-corrected chi connectivity index (χ2v) is 6.08. The Hall–Kier alpha value is -3.43. The molecule has 0 bridgehead atoms. The molecule has 0 saturated carbocycles. The number of esters is 1. The average molecular weight is 426 g/mol. The van der Waals surface area contributed by atoms with Gasteiger partial charge in [-0.1, -0.05) is 19.1 Å². The van der Waals surface area contributed by atoms with Crippen molar-refractivity contribution in [1.82, 2.24) is 5.32 Å². The van der Waals surface area contributed by atoms with E-state index in [1.165, 1.54) is 43.5 Å². The minimum Gasteiger partial charge on any atom is -0.497 e. The summed E-state index contributed by atoms with van der Waals surface area (Å²) in [5.74, 6) is -1.63. The van der Waals surface area contributed by atoms with Crippen molar-refractivity contribution in [3.8, 4) is 11.5 Å². The highest BCUT2D eigenvalue weighted by Crippen LogP contribution is 2.34. The summed E-state index contributed by atoms with van der Waals surface area (Å²) in [6.07, 6.45) is -4.68. The largest absolute Gasteiger partial charge is 0.497 e. The van der Waals surface area contributed by atoms with E-state index in [0.717, 1.165) is 12.7 Å². The van der Waals surface area contributed by atoms with E-state index in [4.69, 9.17) is 9.47 Å². The Morgan fingerprint density at radius 1 is 0.933 bits per heavy atom. The van der Waals surface area contributed by atoms with Gasteiger partial charge in [0.15, 0.2) is 0 Å². The third-order valence-corrected chi connectivity index (χ3v) is 4.11. The van der Waals surface area contributed by atoms with Crippen molar-refractivity contribution in [3.63, 3.8) is 0 Å². The van der Waals surface area contributed by atoms with Gasteiger partial charge < -0.3 is 19.5 Å². The molecule has 0 radical (unpaired) electrons. The zero-order valence-electron chi connectivity index (χ0n) is 16.5. The Kier molecular flexibility index (Phi) is 7.14. The number of halogens is 3. The molecule has 2 aromatic rings. The van der Waals surface area contributed by atoms with Crippen LogP contribution in [0.5, 0.6) is 11.5 Å². The Labute approximate surface area is 171 Å². The van der Waals surface area contributed by atoms with Crippen molar-refractivity contribution in [2.75, 3.05) is 19.5 Å². The van der Waals surface area contributed by atoms with Crippen LogP contribution >= 0.6 is 0 Å². The second-order valence-electron chi connectivity index (χ2n) is 6.08. The molecule has 2 amide bonds. The Morgan fingerprint density at radius 2 is 1.50 bits per heavy atom. The van der Waals surface area contributed by atoms with E-state index >= 15 is 0 Å². The lowest BCUT2D eigenvalue weighted by Crippen LogP contribution is -2.68. The fourth-order valence-corrected chi connectivity index (χ4v) is 2.47. The average Bonchev–Trinajstić information content (AvgIpc) is 2.72. The van der Waals surface area contributed by atoms with Gasteiger partial charge in [-0.05, 0) is 48.4 Å². The molecule has 2 N–H and O–H groups in total. The van der Waals surface area contributed by atoms with E-state index in [0.29, 0.717) is 12.2 Å². The van der Waals surface area contributed by atoms with Crippen molar-refractivity contribution >= 4 is 17.7 Å². The molecule has 7 nitrogen and oxygen atoms in total. The van der Waals surface area contributed by atoms with Gasteiger partial charge in [-0.15, -0.1) is 0 Å². The highest BCUT2D eigenvalue weighted by molar-refractivity contribution is 5.94. The van der Waals surface area contributed by atoms with E-state index < -0.39 is 23.9 Å². The van der Waals surface area contributed by atoms with Crippen molar-refractivity contribution in [2.24, 2.45) is 0 Å². The van der Waals surface area contributed by atoms with Crippen LogP contribution in [-0.2, 0) is 16.0 Å². The smallest absolute Gasteiger partial charge is 0.460 e. The van der Waals surface area contributed by atoms with E-state index in [-0.39, 0.29) is 11.4 Å².